The van der Waals surface area contributed by atoms with Crippen molar-refractivity contribution in [1.82, 2.24) is 10.4 Å². The van der Waals surface area contributed by atoms with Gasteiger partial charge in [-0.1, -0.05) is 0 Å². The predicted molar refractivity (Wildman–Crippen MR) is 122 cm³/mol. The van der Waals surface area contributed by atoms with E-state index in [4.69, 9.17) is 0 Å². The molecular formula is C19H20N4O6S3. The Bertz CT molecular complexity index is 1190. The van der Waals surface area contributed by atoms with Crippen molar-refractivity contribution in [3.8, 4) is 0 Å². The van der Waals surface area contributed by atoms with Gasteiger partial charge < -0.3 is 0 Å². The molecule has 1 saturated heterocycles. The number of hydrazine groups is 1. The Labute approximate surface area is 192 Å². The number of thioether (sulfide) groups is 1. The first-order valence-corrected chi connectivity index (χ1v) is 13.5. The Hall–Kier alpha value is -2.64. The highest BCUT2D eigenvalue weighted by Gasteiger charge is 2.36. The van der Waals surface area contributed by atoms with E-state index in [1.165, 1.54) is 40.2 Å². The van der Waals surface area contributed by atoms with E-state index in [1.54, 1.807) is 12.1 Å². The van der Waals surface area contributed by atoms with Crippen LogP contribution in [-0.4, -0.2) is 42.2 Å². The van der Waals surface area contributed by atoms with E-state index >= 15 is 0 Å². The number of nitro benzene ring substituents is 1. The van der Waals surface area contributed by atoms with Crippen molar-refractivity contribution in [3.05, 3.63) is 55.9 Å². The Balaban J connectivity index is 1.63. The molecule has 1 fully saturated rings. The molecule has 1 aliphatic heterocycles. The van der Waals surface area contributed by atoms with Gasteiger partial charge in [-0.25, -0.2) is 13.4 Å². The third-order valence-corrected chi connectivity index (χ3v) is 8.28. The summed E-state index contributed by atoms with van der Waals surface area (Å²) >= 11 is 2.54. The van der Waals surface area contributed by atoms with Crippen LogP contribution in [0, 0.1) is 10.1 Å². The zero-order chi connectivity index (χ0) is 23.0. The molecule has 0 radical (unpaired) electrons. The van der Waals surface area contributed by atoms with E-state index in [9.17, 15) is 28.1 Å². The summed E-state index contributed by atoms with van der Waals surface area (Å²) in [5.41, 5.74) is 4.29. The number of sulfonamides is 1. The molecule has 0 saturated carbocycles. The minimum Gasteiger partial charge on any atom is -0.274 e. The van der Waals surface area contributed by atoms with Crippen LogP contribution in [0.5, 0.6) is 0 Å². The van der Waals surface area contributed by atoms with Crippen molar-refractivity contribution in [2.24, 2.45) is 0 Å². The maximum atomic E-state index is 13.3. The quantitative estimate of drug-likeness (QED) is 0.463. The summed E-state index contributed by atoms with van der Waals surface area (Å²) in [5.74, 6) is -0.732. The number of thiophene rings is 1. The Morgan fingerprint density at radius 1 is 1.22 bits per heavy atom. The fourth-order valence-electron chi connectivity index (χ4n) is 3.76. The molecule has 2 N–H and O–H groups in total. The summed E-state index contributed by atoms with van der Waals surface area (Å²) in [5, 5.41) is 11.8. The number of nitro groups is 1. The number of non-ortho nitro benzene ring substituents is 1. The molecule has 170 valence electrons. The fraction of sp³-hybridized carbons (Fsp3) is 0.368. The number of hydrogen-bond donors (Lipinski definition) is 2. The van der Waals surface area contributed by atoms with Crippen LogP contribution in [0.3, 0.4) is 0 Å². The molecule has 2 aliphatic rings. The standard InChI is InChI=1S/C19H20N4O6S3/c1-32(28,29)21-18-16(13-4-2-3-5-14(13)31-18)17(25)20-22-15(24)10-30-19(22)11-6-8-12(9-7-11)23(26)27/h6-9,19,21H,2-5,10H2,1H3,(H,20,25). The zero-order valence-corrected chi connectivity index (χ0v) is 19.4. The van der Waals surface area contributed by atoms with Crippen LogP contribution in [0.2, 0.25) is 0 Å². The summed E-state index contributed by atoms with van der Waals surface area (Å²) in [6.07, 6.45) is 4.32. The average molecular weight is 497 g/mol. The molecule has 0 spiro atoms. The minimum absolute atomic E-state index is 0.0694. The predicted octanol–water partition coefficient (Wildman–Crippen LogP) is 2.83. The zero-order valence-electron chi connectivity index (χ0n) is 17.0. The van der Waals surface area contributed by atoms with Crippen LogP contribution in [0.25, 0.3) is 0 Å². The van der Waals surface area contributed by atoms with Gasteiger partial charge in [-0.05, 0) is 48.9 Å². The number of fused-ring (bicyclic) bond motifs is 1. The lowest BCUT2D eigenvalue weighted by molar-refractivity contribution is -0.384. The van der Waals surface area contributed by atoms with Crippen LogP contribution in [0.1, 0.15) is 44.6 Å². The molecule has 1 atom stereocenters. The van der Waals surface area contributed by atoms with Crippen molar-refractivity contribution >= 4 is 55.6 Å². The van der Waals surface area contributed by atoms with E-state index in [1.807, 2.05) is 0 Å². The number of carbonyl (C=O) groups excluding carboxylic acids is 2. The second-order valence-electron chi connectivity index (χ2n) is 7.51. The van der Waals surface area contributed by atoms with Crippen molar-refractivity contribution in [1.29, 1.82) is 0 Å². The van der Waals surface area contributed by atoms with E-state index in [2.05, 4.69) is 10.1 Å². The molecule has 2 heterocycles. The monoisotopic (exact) mass is 496 g/mol. The highest BCUT2D eigenvalue weighted by molar-refractivity contribution is 8.00. The number of hydrogen-bond acceptors (Lipinski definition) is 8. The molecule has 1 aromatic carbocycles. The molecule has 1 aromatic heterocycles. The van der Waals surface area contributed by atoms with Crippen LogP contribution >= 0.6 is 23.1 Å². The summed E-state index contributed by atoms with van der Waals surface area (Å²) in [6, 6.07) is 5.80. The topological polar surface area (TPSA) is 139 Å². The molecule has 1 aliphatic carbocycles. The van der Waals surface area contributed by atoms with Gasteiger partial charge in [0, 0.05) is 17.0 Å². The molecule has 1 unspecified atom stereocenters. The lowest BCUT2D eigenvalue weighted by atomic mass is 9.95. The maximum Gasteiger partial charge on any atom is 0.273 e. The maximum absolute atomic E-state index is 13.3. The number of anilines is 1. The third kappa shape index (κ3) is 4.59. The highest BCUT2D eigenvalue weighted by Crippen LogP contribution is 2.40. The highest BCUT2D eigenvalue weighted by atomic mass is 32.2. The van der Waals surface area contributed by atoms with Crippen LogP contribution in [0.15, 0.2) is 24.3 Å². The van der Waals surface area contributed by atoms with Gasteiger partial charge >= 0.3 is 0 Å². The number of nitrogens with zero attached hydrogens (tertiary/aromatic N) is 2. The summed E-state index contributed by atoms with van der Waals surface area (Å²) in [7, 11) is -3.59. The molecular weight excluding hydrogens is 476 g/mol. The lowest BCUT2D eigenvalue weighted by Gasteiger charge is -2.25. The second-order valence-corrected chi connectivity index (χ2v) is 11.4. The number of nitrogens with one attached hydrogen (secondary N) is 2. The van der Waals surface area contributed by atoms with Crippen LogP contribution in [-0.2, 0) is 27.7 Å². The van der Waals surface area contributed by atoms with Gasteiger partial charge in [-0.15, -0.1) is 23.1 Å². The molecule has 4 rings (SSSR count). The van der Waals surface area contributed by atoms with Crippen molar-refractivity contribution < 1.29 is 22.9 Å². The smallest absolute Gasteiger partial charge is 0.273 e. The largest absolute Gasteiger partial charge is 0.274 e. The van der Waals surface area contributed by atoms with Gasteiger partial charge in [-0.3, -0.25) is 29.9 Å². The first kappa shape index (κ1) is 22.6. The Morgan fingerprint density at radius 3 is 2.56 bits per heavy atom. The minimum atomic E-state index is -3.59. The van der Waals surface area contributed by atoms with Gasteiger partial charge in [0.05, 0.1) is 22.5 Å². The van der Waals surface area contributed by atoms with Crippen molar-refractivity contribution in [2.45, 2.75) is 31.1 Å². The van der Waals surface area contributed by atoms with Gasteiger partial charge in [0.2, 0.25) is 10.0 Å². The Morgan fingerprint density at radius 2 is 1.91 bits per heavy atom. The Kier molecular flexibility index (Phi) is 6.14. The third-order valence-electron chi connectivity index (χ3n) is 5.16. The number of amides is 2. The average Bonchev–Trinajstić information content (AvgIpc) is 3.26. The second kappa shape index (κ2) is 8.71. The molecule has 13 heteroatoms. The molecule has 2 amide bonds. The van der Waals surface area contributed by atoms with E-state index in [-0.39, 0.29) is 27.9 Å². The molecule has 32 heavy (non-hydrogen) atoms. The van der Waals surface area contributed by atoms with E-state index < -0.39 is 26.2 Å². The number of carbonyl (C=O) groups is 2. The summed E-state index contributed by atoms with van der Waals surface area (Å²) in [6.45, 7) is 0. The van der Waals surface area contributed by atoms with Crippen LogP contribution in [0.4, 0.5) is 10.7 Å². The fourth-order valence-corrected chi connectivity index (χ4v) is 7.07. The van der Waals surface area contributed by atoms with Crippen LogP contribution < -0.4 is 10.1 Å². The molecule has 0 bridgehead atoms. The van der Waals surface area contributed by atoms with Gasteiger partial charge in [0.25, 0.3) is 17.5 Å². The summed E-state index contributed by atoms with van der Waals surface area (Å²) < 4.78 is 26.1. The first-order chi connectivity index (χ1) is 15.1. The SMILES string of the molecule is CS(=O)(=O)Nc1sc2c(c1C(=O)NN1C(=O)CSC1c1ccc([N+](=O)[O-])cc1)CCCC2. The number of benzene rings is 1. The lowest BCUT2D eigenvalue weighted by Crippen LogP contribution is -2.45. The van der Waals surface area contributed by atoms with Crippen molar-refractivity contribution in [3.63, 3.8) is 0 Å². The number of rotatable bonds is 6. The normalized spacial score (nSPS) is 18.3. The molecule has 2 aromatic rings. The number of aryl methyl sites for hydroxylation is 1. The van der Waals surface area contributed by atoms with Gasteiger partial charge in [0.15, 0.2) is 0 Å². The first-order valence-electron chi connectivity index (χ1n) is 9.75. The summed E-state index contributed by atoms with van der Waals surface area (Å²) in [4.78, 5) is 37.2. The van der Waals surface area contributed by atoms with Crippen molar-refractivity contribution in [2.75, 3.05) is 16.7 Å². The molecule has 10 nitrogen and oxygen atoms in total. The van der Waals surface area contributed by atoms with Gasteiger partial charge in [0.1, 0.15) is 10.4 Å². The van der Waals surface area contributed by atoms with Gasteiger partial charge in [-0.2, -0.15) is 0 Å². The van der Waals surface area contributed by atoms with E-state index in [0.29, 0.717) is 12.0 Å². The van der Waals surface area contributed by atoms with E-state index in [0.717, 1.165) is 36.0 Å².